The fourth-order valence-corrected chi connectivity index (χ4v) is 2.00. The Morgan fingerprint density at radius 3 is 2.74 bits per heavy atom. The molecule has 23 heavy (non-hydrogen) atoms. The lowest BCUT2D eigenvalue weighted by Crippen LogP contribution is -2.32. The molecule has 1 amide bonds. The van der Waals surface area contributed by atoms with Gasteiger partial charge in [-0.1, -0.05) is 13.0 Å². The molecule has 1 aromatic carbocycles. The van der Waals surface area contributed by atoms with Gasteiger partial charge in [-0.15, -0.1) is 0 Å². The van der Waals surface area contributed by atoms with Crippen LogP contribution in [0, 0.1) is 6.92 Å². The van der Waals surface area contributed by atoms with E-state index in [1.54, 1.807) is 37.4 Å². The highest BCUT2D eigenvalue weighted by molar-refractivity contribution is 5.97. The predicted octanol–water partition coefficient (Wildman–Crippen LogP) is 2.55. The molecular formula is C17H19N3O3. The Bertz CT molecular complexity index is 716. The van der Waals surface area contributed by atoms with Gasteiger partial charge in [0.2, 0.25) is 0 Å². The number of aromatic nitrogens is 1. The lowest BCUT2D eigenvalue weighted by Gasteiger charge is -2.16. The van der Waals surface area contributed by atoms with Crippen LogP contribution in [0.5, 0.6) is 0 Å². The highest BCUT2D eigenvalue weighted by Crippen LogP contribution is 2.12. The number of carbonyl (C=O) groups excluding carboxylic acids is 2. The van der Waals surface area contributed by atoms with Gasteiger partial charge in [-0.2, -0.15) is 0 Å². The summed E-state index contributed by atoms with van der Waals surface area (Å²) in [4.78, 5) is 28.4. The lowest BCUT2D eigenvalue weighted by atomic mass is 10.2. The van der Waals surface area contributed by atoms with Crippen molar-refractivity contribution < 1.29 is 14.3 Å². The van der Waals surface area contributed by atoms with E-state index in [1.165, 1.54) is 6.07 Å². The van der Waals surface area contributed by atoms with Gasteiger partial charge in [0.1, 0.15) is 5.82 Å². The zero-order valence-electron chi connectivity index (χ0n) is 13.1. The highest BCUT2D eigenvalue weighted by Gasteiger charge is 2.22. The Balaban J connectivity index is 2.04. The fraction of sp³-hybridized carbons (Fsp3) is 0.235. The van der Waals surface area contributed by atoms with Gasteiger partial charge in [0.05, 0.1) is 5.56 Å². The summed E-state index contributed by atoms with van der Waals surface area (Å²) in [5.74, 6) is -0.576. The summed E-state index contributed by atoms with van der Waals surface area (Å²) in [5, 5.41) is 2.65. The van der Waals surface area contributed by atoms with Crippen LogP contribution in [0.15, 0.2) is 42.6 Å². The molecule has 120 valence electrons. The largest absolute Gasteiger partial charge is 0.449 e. The minimum atomic E-state index is -0.897. The standard InChI is InChI=1S/C17H19N3O3/c1-3-14(16(21)20-15-9-11(2)7-8-19-15)23-17(22)12-5-4-6-13(18)10-12/h4-10,14H,3,18H2,1-2H3,(H,19,20,21). The molecule has 6 heteroatoms. The van der Waals surface area contributed by atoms with E-state index in [4.69, 9.17) is 10.5 Å². The maximum Gasteiger partial charge on any atom is 0.338 e. The number of rotatable bonds is 5. The van der Waals surface area contributed by atoms with Gasteiger partial charge in [0.15, 0.2) is 6.10 Å². The second-order valence-corrected chi connectivity index (χ2v) is 5.14. The third-order valence-corrected chi connectivity index (χ3v) is 3.20. The summed E-state index contributed by atoms with van der Waals surface area (Å²) < 4.78 is 5.27. The molecule has 0 saturated carbocycles. The summed E-state index contributed by atoms with van der Waals surface area (Å²) >= 11 is 0. The molecule has 3 N–H and O–H groups in total. The molecular weight excluding hydrogens is 294 g/mol. The van der Waals surface area contributed by atoms with Crippen LogP contribution >= 0.6 is 0 Å². The summed E-state index contributed by atoms with van der Waals surface area (Å²) in [6.07, 6.45) is 1.06. The molecule has 1 aromatic heterocycles. The van der Waals surface area contributed by atoms with Gasteiger partial charge in [-0.05, 0) is 49.2 Å². The van der Waals surface area contributed by atoms with Gasteiger partial charge < -0.3 is 15.8 Å². The van der Waals surface area contributed by atoms with Crippen LogP contribution in [0.3, 0.4) is 0 Å². The van der Waals surface area contributed by atoms with Crippen molar-refractivity contribution in [1.29, 1.82) is 0 Å². The van der Waals surface area contributed by atoms with Gasteiger partial charge in [-0.3, -0.25) is 4.79 Å². The molecule has 0 bridgehead atoms. The number of nitrogens with two attached hydrogens (primary N) is 1. The number of esters is 1. The quantitative estimate of drug-likeness (QED) is 0.653. The van der Waals surface area contributed by atoms with E-state index in [9.17, 15) is 9.59 Å². The number of hydrogen-bond acceptors (Lipinski definition) is 5. The maximum absolute atomic E-state index is 12.2. The SMILES string of the molecule is CCC(OC(=O)c1cccc(N)c1)C(=O)Nc1cc(C)ccn1. The maximum atomic E-state index is 12.2. The number of amides is 1. The average molecular weight is 313 g/mol. The Morgan fingerprint density at radius 2 is 2.09 bits per heavy atom. The van der Waals surface area contributed by atoms with Crippen LogP contribution in [0.2, 0.25) is 0 Å². The van der Waals surface area contributed by atoms with Crippen molar-refractivity contribution in [1.82, 2.24) is 4.98 Å². The molecule has 1 heterocycles. The molecule has 0 aliphatic heterocycles. The zero-order chi connectivity index (χ0) is 16.8. The van der Waals surface area contributed by atoms with Gasteiger partial charge in [-0.25, -0.2) is 9.78 Å². The number of aryl methyl sites for hydroxylation is 1. The van der Waals surface area contributed by atoms with E-state index in [2.05, 4.69) is 10.3 Å². The number of hydrogen-bond donors (Lipinski definition) is 2. The number of anilines is 2. The molecule has 2 aromatic rings. The second-order valence-electron chi connectivity index (χ2n) is 5.14. The molecule has 6 nitrogen and oxygen atoms in total. The Kier molecular flexibility index (Phi) is 5.30. The van der Waals surface area contributed by atoms with E-state index in [0.29, 0.717) is 23.5 Å². The molecule has 0 saturated heterocycles. The first kappa shape index (κ1) is 16.5. The van der Waals surface area contributed by atoms with Gasteiger partial charge in [0.25, 0.3) is 5.91 Å². The predicted molar refractivity (Wildman–Crippen MR) is 88.0 cm³/mol. The van der Waals surface area contributed by atoms with Crippen LogP contribution in [0.1, 0.15) is 29.3 Å². The monoisotopic (exact) mass is 313 g/mol. The number of carbonyl (C=O) groups is 2. The molecule has 0 spiro atoms. The van der Waals surface area contributed by atoms with Crippen molar-refractivity contribution >= 4 is 23.4 Å². The highest BCUT2D eigenvalue weighted by atomic mass is 16.5. The van der Waals surface area contributed by atoms with Crippen LogP contribution in [-0.2, 0) is 9.53 Å². The van der Waals surface area contributed by atoms with E-state index in [1.807, 2.05) is 13.0 Å². The third kappa shape index (κ3) is 4.54. The number of nitrogens with zero attached hydrogens (tertiary/aromatic N) is 1. The summed E-state index contributed by atoms with van der Waals surface area (Å²) in [6.45, 7) is 3.66. The fourth-order valence-electron chi connectivity index (χ4n) is 2.00. The van der Waals surface area contributed by atoms with Crippen LogP contribution in [0.4, 0.5) is 11.5 Å². The van der Waals surface area contributed by atoms with Crippen molar-refractivity contribution in [3.05, 3.63) is 53.7 Å². The molecule has 0 fully saturated rings. The molecule has 2 rings (SSSR count). The number of ether oxygens (including phenoxy) is 1. The molecule has 0 radical (unpaired) electrons. The van der Waals surface area contributed by atoms with Crippen molar-refractivity contribution in [2.75, 3.05) is 11.1 Å². The first-order valence-corrected chi connectivity index (χ1v) is 7.29. The second kappa shape index (κ2) is 7.40. The lowest BCUT2D eigenvalue weighted by molar-refractivity contribution is -0.124. The Morgan fingerprint density at radius 1 is 1.30 bits per heavy atom. The number of benzene rings is 1. The van der Waals surface area contributed by atoms with E-state index in [0.717, 1.165) is 5.56 Å². The number of nitrogens with one attached hydrogen (secondary N) is 1. The average Bonchev–Trinajstić information content (AvgIpc) is 2.52. The van der Waals surface area contributed by atoms with Crippen LogP contribution in [0.25, 0.3) is 0 Å². The Hall–Kier alpha value is -2.89. The summed E-state index contributed by atoms with van der Waals surface area (Å²) in [5.41, 5.74) is 7.38. The van der Waals surface area contributed by atoms with Gasteiger partial charge in [0, 0.05) is 11.9 Å². The molecule has 0 aliphatic carbocycles. The summed E-state index contributed by atoms with van der Waals surface area (Å²) in [7, 11) is 0. The molecule has 0 aliphatic rings. The van der Waals surface area contributed by atoms with Crippen molar-refractivity contribution in [3.63, 3.8) is 0 Å². The zero-order valence-corrected chi connectivity index (χ0v) is 13.1. The van der Waals surface area contributed by atoms with Gasteiger partial charge >= 0.3 is 5.97 Å². The molecule has 1 atom stereocenters. The van der Waals surface area contributed by atoms with Crippen molar-refractivity contribution in [2.24, 2.45) is 0 Å². The van der Waals surface area contributed by atoms with Crippen LogP contribution in [-0.4, -0.2) is 23.0 Å². The first-order valence-electron chi connectivity index (χ1n) is 7.29. The van der Waals surface area contributed by atoms with E-state index in [-0.39, 0.29) is 0 Å². The first-order chi connectivity index (χ1) is 11.0. The van der Waals surface area contributed by atoms with Crippen molar-refractivity contribution in [2.45, 2.75) is 26.4 Å². The van der Waals surface area contributed by atoms with Crippen molar-refractivity contribution in [3.8, 4) is 0 Å². The Labute approximate surface area is 134 Å². The minimum Gasteiger partial charge on any atom is -0.449 e. The topological polar surface area (TPSA) is 94.3 Å². The number of pyridine rings is 1. The summed E-state index contributed by atoms with van der Waals surface area (Å²) in [6, 6.07) is 9.99. The normalized spacial score (nSPS) is 11.6. The van der Waals surface area contributed by atoms with E-state index < -0.39 is 18.0 Å². The number of nitrogen functional groups attached to an aromatic ring is 1. The smallest absolute Gasteiger partial charge is 0.338 e. The van der Waals surface area contributed by atoms with E-state index >= 15 is 0 Å². The third-order valence-electron chi connectivity index (χ3n) is 3.20. The van der Waals surface area contributed by atoms with Crippen LogP contribution < -0.4 is 11.1 Å². The molecule has 1 unspecified atom stereocenters. The minimum absolute atomic E-state index is 0.310.